The van der Waals surface area contributed by atoms with Crippen LogP contribution in [0.2, 0.25) is 0 Å². The molecule has 0 saturated carbocycles. The van der Waals surface area contributed by atoms with Gasteiger partial charge in [-0.05, 0) is 37.5 Å². The lowest BCUT2D eigenvalue weighted by molar-refractivity contribution is -0.118. The van der Waals surface area contributed by atoms with Crippen molar-refractivity contribution in [3.8, 4) is 0 Å². The molecule has 1 aliphatic heterocycles. The Balaban J connectivity index is 1.39. The Labute approximate surface area is 199 Å². The molecule has 0 aliphatic carbocycles. The Hall–Kier alpha value is -2.75. The minimum atomic E-state index is -0.101. The van der Waals surface area contributed by atoms with E-state index in [9.17, 15) is 9.59 Å². The molecule has 170 valence electrons. The predicted molar refractivity (Wildman–Crippen MR) is 132 cm³/mol. The number of rotatable bonds is 7. The average molecular weight is 481 g/mol. The molecule has 4 heterocycles. The van der Waals surface area contributed by atoms with Crippen LogP contribution < -0.4 is 10.9 Å². The maximum atomic E-state index is 13.4. The third kappa shape index (κ3) is 4.80. The molecule has 1 aromatic carbocycles. The van der Waals surface area contributed by atoms with Crippen molar-refractivity contribution in [2.24, 2.45) is 0 Å². The zero-order valence-electron chi connectivity index (χ0n) is 18.2. The smallest absolute Gasteiger partial charge is 0.272 e. The van der Waals surface area contributed by atoms with Crippen LogP contribution in [-0.2, 0) is 22.6 Å². The van der Waals surface area contributed by atoms with Crippen molar-refractivity contribution in [2.45, 2.75) is 44.1 Å². The number of aryl methyl sites for hydroxylation is 1. The number of ether oxygens (including phenoxy) is 1. The van der Waals surface area contributed by atoms with Gasteiger partial charge in [-0.3, -0.25) is 14.2 Å². The molecule has 5 rings (SSSR count). The van der Waals surface area contributed by atoms with Gasteiger partial charge in [-0.2, -0.15) is 0 Å². The normalized spacial score (nSPS) is 16.0. The van der Waals surface area contributed by atoms with Gasteiger partial charge in [0.1, 0.15) is 9.53 Å². The average Bonchev–Trinajstić information content (AvgIpc) is 3.47. The summed E-state index contributed by atoms with van der Waals surface area (Å²) in [5.41, 5.74) is 2.79. The predicted octanol–water partition coefficient (Wildman–Crippen LogP) is 3.90. The number of amides is 1. The molecular formula is C24H24N4O3S2. The van der Waals surface area contributed by atoms with Crippen molar-refractivity contribution in [1.82, 2.24) is 19.9 Å². The Kier molecular flexibility index (Phi) is 6.43. The fourth-order valence-corrected chi connectivity index (χ4v) is 5.75. The van der Waals surface area contributed by atoms with E-state index in [1.807, 2.05) is 43.3 Å². The number of nitrogens with one attached hydrogen (secondary N) is 1. The van der Waals surface area contributed by atoms with E-state index >= 15 is 0 Å². The fourth-order valence-electron chi connectivity index (χ4n) is 3.89. The second-order valence-electron chi connectivity index (χ2n) is 8.13. The van der Waals surface area contributed by atoms with Crippen molar-refractivity contribution in [1.29, 1.82) is 0 Å². The molecule has 0 bridgehead atoms. The molecule has 9 heteroatoms. The van der Waals surface area contributed by atoms with Crippen LogP contribution in [0, 0.1) is 6.92 Å². The van der Waals surface area contributed by atoms with Gasteiger partial charge < -0.3 is 10.1 Å². The summed E-state index contributed by atoms with van der Waals surface area (Å²) in [6.45, 7) is 3.66. The van der Waals surface area contributed by atoms with E-state index in [0.717, 1.165) is 28.6 Å². The highest BCUT2D eigenvalue weighted by atomic mass is 32.2. The highest BCUT2D eigenvalue weighted by Crippen LogP contribution is 2.30. The first kappa shape index (κ1) is 22.1. The van der Waals surface area contributed by atoms with Crippen molar-refractivity contribution in [2.75, 3.05) is 12.4 Å². The lowest BCUT2D eigenvalue weighted by Crippen LogP contribution is -2.29. The number of fused-ring (bicyclic) bond motifs is 3. The van der Waals surface area contributed by atoms with Crippen molar-refractivity contribution < 1.29 is 9.53 Å². The number of aromatic nitrogens is 3. The number of carbonyl (C=O) groups excluding carboxylic acids is 1. The molecule has 0 unspecified atom stereocenters. The quantitative estimate of drug-likeness (QED) is 0.319. The summed E-state index contributed by atoms with van der Waals surface area (Å²) in [4.78, 5) is 36.0. The third-order valence-corrected chi connectivity index (χ3v) is 7.74. The molecule has 4 aromatic rings. The van der Waals surface area contributed by atoms with E-state index in [1.165, 1.54) is 28.7 Å². The van der Waals surface area contributed by atoms with Gasteiger partial charge in [-0.15, -0.1) is 11.3 Å². The van der Waals surface area contributed by atoms with E-state index in [4.69, 9.17) is 9.72 Å². The first-order valence-electron chi connectivity index (χ1n) is 10.9. The van der Waals surface area contributed by atoms with Crippen LogP contribution in [-0.4, -0.2) is 38.9 Å². The van der Waals surface area contributed by atoms with Crippen LogP contribution in [0.5, 0.6) is 0 Å². The van der Waals surface area contributed by atoms with Crippen LogP contribution in [0.25, 0.3) is 20.4 Å². The Morgan fingerprint density at radius 2 is 2.15 bits per heavy atom. The Morgan fingerprint density at radius 3 is 2.94 bits per heavy atom. The molecule has 3 aromatic heterocycles. The van der Waals surface area contributed by atoms with Gasteiger partial charge >= 0.3 is 0 Å². The summed E-state index contributed by atoms with van der Waals surface area (Å²) < 4.78 is 8.04. The first-order chi connectivity index (χ1) is 16.1. The molecule has 1 amide bonds. The van der Waals surface area contributed by atoms with Crippen LogP contribution >= 0.6 is 23.1 Å². The highest BCUT2D eigenvalue weighted by molar-refractivity contribution is 7.99. The number of hydrogen-bond acceptors (Lipinski definition) is 7. The SMILES string of the molecule is Cc1ccc(CNC(=O)CSc2nc3c(sc4ncccc43)c(=O)n2C[C@@H]2CCCO2)cc1. The van der Waals surface area contributed by atoms with E-state index in [0.29, 0.717) is 35.1 Å². The summed E-state index contributed by atoms with van der Waals surface area (Å²) in [5.74, 6) is 0.0748. The molecule has 33 heavy (non-hydrogen) atoms. The number of thiophene rings is 1. The van der Waals surface area contributed by atoms with E-state index in [1.54, 1.807) is 10.8 Å². The van der Waals surface area contributed by atoms with Gasteiger partial charge in [-0.1, -0.05) is 41.6 Å². The van der Waals surface area contributed by atoms with E-state index in [-0.39, 0.29) is 23.3 Å². The molecule has 1 atom stereocenters. The summed E-state index contributed by atoms with van der Waals surface area (Å²) in [6, 6.07) is 11.8. The molecule has 1 aliphatic rings. The van der Waals surface area contributed by atoms with Crippen LogP contribution in [0.15, 0.2) is 52.5 Å². The third-order valence-electron chi connectivity index (χ3n) is 5.67. The maximum absolute atomic E-state index is 13.4. The number of nitrogens with zero attached hydrogens (tertiary/aromatic N) is 3. The van der Waals surface area contributed by atoms with Crippen molar-refractivity contribution >= 4 is 49.4 Å². The lowest BCUT2D eigenvalue weighted by Gasteiger charge is -2.15. The Morgan fingerprint density at radius 1 is 1.30 bits per heavy atom. The second-order valence-corrected chi connectivity index (χ2v) is 10.1. The number of thioether (sulfide) groups is 1. The molecule has 0 radical (unpaired) electrons. The molecule has 1 saturated heterocycles. The molecule has 0 spiro atoms. The van der Waals surface area contributed by atoms with Crippen LogP contribution in [0.4, 0.5) is 0 Å². The largest absolute Gasteiger partial charge is 0.376 e. The summed E-state index contributed by atoms with van der Waals surface area (Å²) in [7, 11) is 0. The molecule has 7 nitrogen and oxygen atoms in total. The van der Waals surface area contributed by atoms with Crippen LogP contribution in [0.1, 0.15) is 24.0 Å². The Bertz CT molecular complexity index is 1360. The second kappa shape index (κ2) is 9.62. The van der Waals surface area contributed by atoms with Crippen molar-refractivity contribution in [3.63, 3.8) is 0 Å². The number of pyridine rings is 1. The zero-order valence-corrected chi connectivity index (χ0v) is 19.9. The first-order valence-corrected chi connectivity index (χ1v) is 12.7. The molecular weight excluding hydrogens is 456 g/mol. The monoisotopic (exact) mass is 480 g/mol. The van der Waals surface area contributed by atoms with Gasteiger partial charge in [-0.25, -0.2) is 9.97 Å². The van der Waals surface area contributed by atoms with Gasteiger partial charge in [0.15, 0.2) is 5.16 Å². The lowest BCUT2D eigenvalue weighted by atomic mass is 10.1. The van der Waals surface area contributed by atoms with E-state index in [2.05, 4.69) is 10.3 Å². The topological polar surface area (TPSA) is 86.1 Å². The van der Waals surface area contributed by atoms with Gasteiger partial charge in [0.25, 0.3) is 5.56 Å². The van der Waals surface area contributed by atoms with Crippen molar-refractivity contribution in [3.05, 3.63) is 64.1 Å². The maximum Gasteiger partial charge on any atom is 0.272 e. The van der Waals surface area contributed by atoms with Crippen LogP contribution in [0.3, 0.4) is 0 Å². The summed E-state index contributed by atoms with van der Waals surface area (Å²) in [5, 5.41) is 4.35. The molecule has 1 fully saturated rings. The number of benzene rings is 1. The van der Waals surface area contributed by atoms with Gasteiger partial charge in [0, 0.05) is 24.7 Å². The van der Waals surface area contributed by atoms with Gasteiger partial charge in [0.2, 0.25) is 5.91 Å². The van der Waals surface area contributed by atoms with Gasteiger partial charge in [0.05, 0.1) is 23.9 Å². The number of hydrogen-bond donors (Lipinski definition) is 1. The summed E-state index contributed by atoms with van der Waals surface area (Å²) >= 11 is 2.65. The molecule has 1 N–H and O–H groups in total. The minimum absolute atomic E-state index is 0.0100. The zero-order chi connectivity index (χ0) is 22.8. The standard InChI is InChI=1S/C24H24N4O3S2/c1-15-6-8-16(9-7-15)12-26-19(29)14-32-24-27-20-18-5-2-10-25-22(18)33-21(20)23(30)28(24)13-17-4-3-11-31-17/h2,5-10,17H,3-4,11-14H2,1H3,(H,26,29)/t17-/m0/s1. The highest BCUT2D eigenvalue weighted by Gasteiger charge is 2.22. The minimum Gasteiger partial charge on any atom is -0.376 e. The fraction of sp³-hybridized carbons (Fsp3) is 0.333. The van der Waals surface area contributed by atoms with E-state index < -0.39 is 0 Å². The number of carbonyl (C=O) groups is 1. The summed E-state index contributed by atoms with van der Waals surface area (Å²) in [6.07, 6.45) is 3.62.